The molecule has 31 heavy (non-hydrogen) atoms. The molecule has 0 aliphatic carbocycles. The molecule has 8 nitrogen and oxygen atoms in total. The van der Waals surface area contributed by atoms with Gasteiger partial charge in [-0.25, -0.2) is 0 Å². The minimum Gasteiger partial charge on any atom is -0.543 e. The molecule has 2 unspecified atom stereocenters. The van der Waals surface area contributed by atoms with Crippen LogP contribution < -0.4 is 34.7 Å². The number of carbonyl (C=O) groups excluding carboxylic acids is 4. The molecule has 0 radical (unpaired) electrons. The molecular formula is C21H20N3NaO5S. The van der Waals surface area contributed by atoms with Crippen molar-refractivity contribution in [2.24, 2.45) is 5.92 Å². The summed E-state index contributed by atoms with van der Waals surface area (Å²) in [6.07, 6.45) is 2.56. The summed E-state index contributed by atoms with van der Waals surface area (Å²) in [6, 6.07) is 3.02. The third kappa shape index (κ3) is 3.47. The molecule has 0 spiro atoms. The van der Waals surface area contributed by atoms with Gasteiger partial charge in [-0.3, -0.25) is 14.4 Å². The Morgan fingerprint density at radius 2 is 2.10 bits per heavy atom. The molecule has 5 rings (SSSR count). The number of allylic oxidation sites excluding steroid dienone is 2. The van der Waals surface area contributed by atoms with E-state index in [1.165, 1.54) is 16.7 Å². The zero-order valence-corrected chi connectivity index (χ0v) is 20.2. The summed E-state index contributed by atoms with van der Waals surface area (Å²) >= 11 is 1.59. The van der Waals surface area contributed by atoms with Crippen LogP contribution in [-0.4, -0.2) is 63.6 Å². The van der Waals surface area contributed by atoms with Crippen LogP contribution in [0.2, 0.25) is 0 Å². The summed E-state index contributed by atoms with van der Waals surface area (Å²) < 4.78 is 0. The van der Waals surface area contributed by atoms with E-state index in [1.807, 2.05) is 17.5 Å². The Balaban J connectivity index is 0.00000231. The molecule has 3 atom stereocenters. The number of aliphatic carboxylic acids is 1. The van der Waals surface area contributed by atoms with Crippen molar-refractivity contribution < 1.29 is 53.8 Å². The van der Waals surface area contributed by atoms with Gasteiger partial charge in [0.1, 0.15) is 6.04 Å². The van der Waals surface area contributed by atoms with E-state index in [0.29, 0.717) is 43.6 Å². The molecular weight excluding hydrogens is 429 g/mol. The van der Waals surface area contributed by atoms with Crippen molar-refractivity contribution in [2.75, 3.05) is 13.1 Å². The second kappa shape index (κ2) is 8.20. The minimum atomic E-state index is -1.42. The molecule has 1 aromatic heterocycles. The number of hydrogen-bond acceptors (Lipinski definition) is 6. The number of amides is 3. The topological polar surface area (TPSA) is 101 Å². The molecule has 3 amide bonds. The van der Waals surface area contributed by atoms with Gasteiger partial charge in [0.25, 0.3) is 5.91 Å². The van der Waals surface area contributed by atoms with Crippen molar-refractivity contribution in [1.82, 2.24) is 14.7 Å². The van der Waals surface area contributed by atoms with Gasteiger partial charge in [0, 0.05) is 36.4 Å². The normalized spacial score (nSPS) is 28.1. The minimum absolute atomic E-state index is 0. The Hall–Kier alpha value is -1.94. The summed E-state index contributed by atoms with van der Waals surface area (Å²) in [6.45, 7) is 2.94. The predicted molar refractivity (Wildman–Crippen MR) is 104 cm³/mol. The van der Waals surface area contributed by atoms with Crippen LogP contribution >= 0.6 is 11.3 Å². The SMILES string of the molecule is CC(=O)N1CC2CC(/C=C3\CCN(Cc4cccs4)C3=O)=C(C(=O)[O-])N3C(=O)C1[C@@H]23.[Na+]. The fourth-order valence-corrected chi connectivity index (χ4v) is 5.89. The van der Waals surface area contributed by atoms with E-state index >= 15 is 0 Å². The number of carboxylic acids is 1. The van der Waals surface area contributed by atoms with Gasteiger partial charge in [0.2, 0.25) is 11.8 Å². The number of carboxylic acid groups (broad SMARTS) is 1. The van der Waals surface area contributed by atoms with Crippen molar-refractivity contribution >= 4 is 35.0 Å². The van der Waals surface area contributed by atoms with Gasteiger partial charge >= 0.3 is 29.6 Å². The van der Waals surface area contributed by atoms with Crippen molar-refractivity contribution in [3.8, 4) is 0 Å². The zero-order chi connectivity index (χ0) is 21.2. The molecule has 0 aromatic carbocycles. The van der Waals surface area contributed by atoms with E-state index in [4.69, 9.17) is 0 Å². The molecule has 1 aromatic rings. The standard InChI is InChI=1S/C21H21N3O5S.Na/c1-11(25)23-9-14-8-13(17(21(28)29)24-16(14)18(23)20(24)27)7-12-4-5-22(19(12)26)10-15-3-2-6-30-15;/h2-3,6-7,14,16,18H,4-5,8-10H2,1H3,(H,28,29);/q;+1/p-1/b12-7+;/t14?,16-,18?;/m1./s1. The van der Waals surface area contributed by atoms with Crippen molar-refractivity contribution in [3.63, 3.8) is 0 Å². The van der Waals surface area contributed by atoms with Crippen LogP contribution in [0, 0.1) is 5.92 Å². The molecule has 3 fully saturated rings. The second-order valence-corrected chi connectivity index (χ2v) is 9.20. The number of rotatable bonds is 4. The van der Waals surface area contributed by atoms with E-state index in [1.54, 1.807) is 22.3 Å². The predicted octanol–water partition coefficient (Wildman–Crippen LogP) is -3.12. The first-order valence-corrected chi connectivity index (χ1v) is 10.8. The molecule has 0 N–H and O–H groups in total. The largest absolute Gasteiger partial charge is 1.00 e. The summed E-state index contributed by atoms with van der Waals surface area (Å²) in [5.41, 5.74) is 0.833. The fraction of sp³-hybridized carbons (Fsp3) is 0.429. The maximum atomic E-state index is 12.8. The van der Waals surface area contributed by atoms with E-state index in [0.717, 1.165) is 4.88 Å². The number of carbonyl (C=O) groups is 4. The van der Waals surface area contributed by atoms with Crippen LogP contribution in [0.15, 0.2) is 40.4 Å². The van der Waals surface area contributed by atoms with Crippen LogP contribution in [0.4, 0.5) is 0 Å². The summed E-state index contributed by atoms with van der Waals surface area (Å²) in [5.74, 6) is -2.14. The number of β-lactam (4-membered cyclic amide) rings is 1. The summed E-state index contributed by atoms with van der Waals surface area (Å²) in [4.78, 5) is 55.0. The molecule has 4 aliphatic heterocycles. The Morgan fingerprint density at radius 3 is 2.74 bits per heavy atom. The van der Waals surface area contributed by atoms with Gasteiger partial charge in [-0.05, 0) is 35.9 Å². The van der Waals surface area contributed by atoms with Gasteiger partial charge in [-0.15, -0.1) is 11.3 Å². The summed E-state index contributed by atoms with van der Waals surface area (Å²) in [5, 5.41) is 13.9. The zero-order valence-electron chi connectivity index (χ0n) is 17.4. The van der Waals surface area contributed by atoms with Crippen LogP contribution in [0.3, 0.4) is 0 Å². The van der Waals surface area contributed by atoms with Gasteiger partial charge in [0.15, 0.2) is 0 Å². The third-order valence-electron chi connectivity index (χ3n) is 6.48. The monoisotopic (exact) mass is 449 g/mol. The molecule has 10 heteroatoms. The first-order chi connectivity index (χ1) is 14.4. The Morgan fingerprint density at radius 1 is 1.32 bits per heavy atom. The van der Waals surface area contributed by atoms with Gasteiger partial charge < -0.3 is 24.6 Å². The van der Waals surface area contributed by atoms with Crippen molar-refractivity contribution in [1.29, 1.82) is 0 Å². The smallest absolute Gasteiger partial charge is 0.543 e. The van der Waals surface area contributed by atoms with Gasteiger partial charge in [-0.1, -0.05) is 6.07 Å². The van der Waals surface area contributed by atoms with Crippen molar-refractivity contribution in [3.05, 3.63) is 45.3 Å². The second-order valence-electron chi connectivity index (χ2n) is 8.17. The van der Waals surface area contributed by atoms with Crippen LogP contribution in [0.1, 0.15) is 24.6 Å². The first kappa shape index (κ1) is 22.3. The quantitative estimate of drug-likeness (QED) is 0.275. The third-order valence-corrected chi connectivity index (χ3v) is 7.34. The van der Waals surface area contributed by atoms with Gasteiger partial charge in [-0.2, -0.15) is 0 Å². The van der Waals surface area contributed by atoms with Gasteiger partial charge in [0.05, 0.1) is 24.3 Å². The molecule has 156 valence electrons. The molecule has 0 bridgehead atoms. The average molecular weight is 449 g/mol. The number of hydrogen-bond donors (Lipinski definition) is 0. The Kier molecular flexibility index (Phi) is 5.89. The maximum absolute atomic E-state index is 12.8. The molecule has 5 heterocycles. The number of thiophene rings is 1. The van der Waals surface area contributed by atoms with Crippen molar-refractivity contribution in [2.45, 2.75) is 38.4 Å². The van der Waals surface area contributed by atoms with E-state index in [-0.39, 0.29) is 64.9 Å². The number of nitrogens with zero attached hydrogens (tertiary/aromatic N) is 3. The summed E-state index contributed by atoms with van der Waals surface area (Å²) in [7, 11) is 0. The van der Waals surface area contributed by atoms with Crippen LogP contribution in [-0.2, 0) is 25.7 Å². The molecule has 3 saturated heterocycles. The average Bonchev–Trinajstić information content (AvgIpc) is 3.41. The Labute approximate surface area is 205 Å². The number of likely N-dealkylation sites (tertiary alicyclic amines) is 2. The van der Waals surface area contributed by atoms with Crippen LogP contribution in [0.5, 0.6) is 0 Å². The van der Waals surface area contributed by atoms with E-state index in [9.17, 15) is 24.3 Å². The fourth-order valence-electron chi connectivity index (χ4n) is 5.17. The first-order valence-electron chi connectivity index (χ1n) is 9.94. The van der Waals surface area contributed by atoms with E-state index < -0.39 is 12.0 Å². The molecule has 4 aliphatic rings. The maximum Gasteiger partial charge on any atom is 1.00 e. The van der Waals surface area contributed by atoms with Crippen LogP contribution in [0.25, 0.3) is 0 Å². The van der Waals surface area contributed by atoms with E-state index in [2.05, 4.69) is 0 Å². The molecule has 0 saturated carbocycles. The Bertz CT molecular complexity index is 1030.